The molecule has 214 valence electrons. The number of amides is 3. The summed E-state index contributed by atoms with van der Waals surface area (Å²) in [5.74, 6) is -6.07. The molecule has 0 aliphatic heterocycles. The Morgan fingerprint density at radius 3 is 2.25 bits per heavy atom. The second-order valence-corrected chi connectivity index (χ2v) is 8.07. The Labute approximate surface area is 219 Å². The van der Waals surface area contributed by atoms with Crippen LogP contribution >= 0.6 is 0 Å². The fraction of sp³-hybridized carbons (Fsp3) is 0.227. The second kappa shape index (κ2) is 11.1. The summed E-state index contributed by atoms with van der Waals surface area (Å²) >= 11 is 0. The van der Waals surface area contributed by atoms with Crippen LogP contribution in [0.3, 0.4) is 0 Å². The average Bonchev–Trinajstić information content (AvgIpc) is 3.17. The van der Waals surface area contributed by atoms with Crippen molar-refractivity contribution in [2.75, 3.05) is 16.4 Å². The molecule has 3 amide bonds. The highest BCUT2D eigenvalue weighted by molar-refractivity contribution is 6.13. The van der Waals surface area contributed by atoms with Gasteiger partial charge in [0, 0.05) is 0 Å². The lowest BCUT2D eigenvalue weighted by Crippen LogP contribution is -2.26. The largest absolute Gasteiger partial charge is 0.573 e. The van der Waals surface area contributed by atoms with Gasteiger partial charge in [-0.15, -0.1) is 13.2 Å². The molecule has 3 aromatic rings. The number of anilines is 3. The monoisotopic (exact) mass is 577 g/mol. The van der Waals surface area contributed by atoms with Crippen molar-refractivity contribution in [1.82, 2.24) is 14.8 Å². The van der Waals surface area contributed by atoms with Crippen LogP contribution in [0.2, 0.25) is 0 Å². The number of rotatable bonds is 8. The number of hydrogen-bond donors (Lipinski definition) is 4. The van der Waals surface area contributed by atoms with Crippen LogP contribution < -0.4 is 26.8 Å². The number of primary amides is 1. The number of nitrogens with two attached hydrogens (primary N) is 2. The number of benzene rings is 1. The summed E-state index contributed by atoms with van der Waals surface area (Å²) in [6, 6.07) is 2.95. The Balaban J connectivity index is 1.76. The van der Waals surface area contributed by atoms with Crippen LogP contribution in [0.5, 0.6) is 5.75 Å². The van der Waals surface area contributed by atoms with Gasteiger partial charge in [-0.1, -0.05) is 12.1 Å². The van der Waals surface area contributed by atoms with E-state index in [0.29, 0.717) is 6.92 Å². The standard InChI is InChI=1S/C22H18F7N7O4/c1-9(21(24,25)26)36-18(30)15(19(31)38)16(35-36)20(39)34-13-7-11(8-32-17(13)23)33-14(37)6-10-2-4-12(5-3-10)40-22(27,28)29/h2-5,7-9H,6,30H2,1H3,(H2,31,38)(H,33,37)(H,34,39). The Hall–Kier alpha value is -4.90. The number of aromatic nitrogens is 3. The molecule has 6 N–H and O–H groups in total. The third-order valence-corrected chi connectivity index (χ3v) is 5.14. The van der Waals surface area contributed by atoms with Crippen LogP contribution in [0.15, 0.2) is 36.5 Å². The van der Waals surface area contributed by atoms with Gasteiger partial charge in [0.25, 0.3) is 11.8 Å². The van der Waals surface area contributed by atoms with E-state index in [1.807, 2.05) is 5.32 Å². The van der Waals surface area contributed by atoms with E-state index in [1.165, 1.54) is 12.1 Å². The molecule has 0 aliphatic carbocycles. The van der Waals surface area contributed by atoms with Crippen molar-refractivity contribution in [3.63, 3.8) is 0 Å². The maximum Gasteiger partial charge on any atom is 0.573 e. The molecule has 0 aliphatic rings. The van der Waals surface area contributed by atoms with Crippen LogP contribution in [0.4, 0.5) is 47.9 Å². The highest BCUT2D eigenvalue weighted by Gasteiger charge is 2.41. The number of halogens is 7. The summed E-state index contributed by atoms with van der Waals surface area (Å²) < 4.78 is 94.4. The predicted octanol–water partition coefficient (Wildman–Crippen LogP) is 3.55. The minimum Gasteiger partial charge on any atom is -0.406 e. The first kappa shape index (κ1) is 29.7. The SMILES string of the molecule is CC(n1nc(C(=O)Nc2cc(NC(=O)Cc3ccc(OC(F)(F)F)cc3)cnc2F)c(C(N)=O)c1N)C(F)(F)F. The number of nitrogens with one attached hydrogen (secondary N) is 2. The summed E-state index contributed by atoms with van der Waals surface area (Å²) in [7, 11) is 0. The third kappa shape index (κ3) is 7.14. The third-order valence-electron chi connectivity index (χ3n) is 5.14. The molecule has 40 heavy (non-hydrogen) atoms. The molecule has 0 saturated heterocycles. The van der Waals surface area contributed by atoms with Gasteiger partial charge in [-0.3, -0.25) is 14.4 Å². The van der Waals surface area contributed by atoms with E-state index in [0.717, 1.165) is 24.4 Å². The second-order valence-electron chi connectivity index (χ2n) is 8.07. The lowest BCUT2D eigenvalue weighted by atomic mass is 10.1. The van der Waals surface area contributed by atoms with E-state index in [-0.39, 0.29) is 22.4 Å². The average molecular weight is 577 g/mol. The van der Waals surface area contributed by atoms with Gasteiger partial charge in [0.2, 0.25) is 11.9 Å². The van der Waals surface area contributed by atoms with Crippen LogP contribution in [-0.4, -0.2) is 45.0 Å². The first-order chi connectivity index (χ1) is 18.5. The zero-order valence-electron chi connectivity index (χ0n) is 20.0. The first-order valence-corrected chi connectivity index (χ1v) is 10.8. The molecule has 0 spiro atoms. The van der Waals surface area contributed by atoms with Gasteiger partial charge in [0.05, 0.1) is 24.0 Å². The van der Waals surface area contributed by atoms with Gasteiger partial charge in [-0.05, 0) is 30.7 Å². The van der Waals surface area contributed by atoms with Crippen molar-refractivity contribution in [1.29, 1.82) is 0 Å². The van der Waals surface area contributed by atoms with Crippen molar-refractivity contribution in [2.45, 2.75) is 31.9 Å². The molecular formula is C22H18F7N7O4. The van der Waals surface area contributed by atoms with E-state index >= 15 is 0 Å². The summed E-state index contributed by atoms with van der Waals surface area (Å²) in [6.45, 7) is 0.663. The summed E-state index contributed by atoms with van der Waals surface area (Å²) in [4.78, 5) is 40.2. The number of alkyl halides is 6. The number of ether oxygens (including phenoxy) is 1. The number of nitrogens with zero attached hydrogens (tertiary/aromatic N) is 3. The van der Waals surface area contributed by atoms with Gasteiger partial charge in [-0.2, -0.15) is 22.7 Å². The molecule has 0 bridgehead atoms. The maximum atomic E-state index is 14.3. The molecule has 0 saturated carbocycles. The van der Waals surface area contributed by atoms with Crippen LogP contribution in [0.25, 0.3) is 0 Å². The Morgan fingerprint density at radius 1 is 1.07 bits per heavy atom. The van der Waals surface area contributed by atoms with Gasteiger partial charge in [0.1, 0.15) is 23.2 Å². The number of carbonyl (C=O) groups excluding carboxylic acids is 3. The molecule has 2 aromatic heterocycles. The first-order valence-electron chi connectivity index (χ1n) is 10.8. The molecule has 1 atom stereocenters. The Bertz CT molecular complexity index is 1440. The molecule has 18 heteroatoms. The van der Waals surface area contributed by atoms with Crippen molar-refractivity contribution in [2.24, 2.45) is 5.73 Å². The van der Waals surface area contributed by atoms with Crippen LogP contribution in [0, 0.1) is 5.95 Å². The topological polar surface area (TPSA) is 167 Å². The lowest BCUT2D eigenvalue weighted by molar-refractivity contribution is -0.274. The quantitative estimate of drug-likeness (QED) is 0.235. The predicted molar refractivity (Wildman–Crippen MR) is 124 cm³/mol. The van der Waals surface area contributed by atoms with Crippen molar-refractivity contribution in [3.05, 3.63) is 59.3 Å². The van der Waals surface area contributed by atoms with Gasteiger partial charge in [0.15, 0.2) is 5.69 Å². The molecule has 11 nitrogen and oxygen atoms in total. The molecule has 0 radical (unpaired) electrons. The van der Waals surface area contributed by atoms with Crippen LogP contribution in [-0.2, 0) is 11.2 Å². The number of pyridine rings is 1. The number of carbonyl (C=O) groups is 3. The normalized spacial score (nSPS) is 12.5. The van der Waals surface area contributed by atoms with E-state index in [9.17, 15) is 45.1 Å². The molecule has 3 rings (SSSR count). The van der Waals surface area contributed by atoms with Gasteiger partial charge < -0.3 is 26.8 Å². The molecule has 1 unspecified atom stereocenters. The zero-order chi connectivity index (χ0) is 30.0. The Kier molecular flexibility index (Phi) is 8.20. The number of nitrogen functional groups attached to an aromatic ring is 1. The molecular weight excluding hydrogens is 559 g/mol. The molecule has 1 aromatic carbocycles. The summed E-state index contributed by atoms with van der Waals surface area (Å²) in [5.41, 5.74) is 8.44. The van der Waals surface area contributed by atoms with Crippen molar-refractivity contribution in [3.8, 4) is 5.75 Å². The van der Waals surface area contributed by atoms with Crippen molar-refractivity contribution >= 4 is 34.9 Å². The minimum absolute atomic E-state index is 0.149. The minimum atomic E-state index is -4.89. The van der Waals surface area contributed by atoms with Crippen molar-refractivity contribution < 1.29 is 49.9 Å². The van der Waals surface area contributed by atoms with Crippen LogP contribution in [0.1, 0.15) is 39.4 Å². The van der Waals surface area contributed by atoms with Gasteiger partial charge >= 0.3 is 12.5 Å². The molecule has 0 fully saturated rings. The fourth-order valence-electron chi connectivity index (χ4n) is 3.27. The van der Waals surface area contributed by atoms with E-state index in [2.05, 4.69) is 20.1 Å². The van der Waals surface area contributed by atoms with E-state index < -0.39 is 70.8 Å². The zero-order valence-corrected chi connectivity index (χ0v) is 20.0. The smallest absolute Gasteiger partial charge is 0.406 e. The van der Waals surface area contributed by atoms with E-state index in [1.54, 1.807) is 0 Å². The summed E-state index contributed by atoms with van der Waals surface area (Å²) in [6.07, 6.45) is -9.21. The van der Waals surface area contributed by atoms with E-state index in [4.69, 9.17) is 11.5 Å². The highest BCUT2D eigenvalue weighted by atomic mass is 19.4. The fourth-order valence-corrected chi connectivity index (χ4v) is 3.27. The maximum absolute atomic E-state index is 14.3. The molecule has 2 heterocycles. The highest BCUT2D eigenvalue weighted by Crippen LogP contribution is 2.33. The summed E-state index contributed by atoms with van der Waals surface area (Å²) in [5, 5.41) is 7.74. The van der Waals surface area contributed by atoms with Gasteiger partial charge in [-0.25, -0.2) is 9.67 Å². The number of hydrogen-bond acceptors (Lipinski definition) is 7. The lowest BCUT2D eigenvalue weighted by Gasteiger charge is -2.17. The Morgan fingerprint density at radius 2 is 1.70 bits per heavy atom.